The van der Waals surface area contributed by atoms with Gasteiger partial charge in [-0.15, -0.1) is 11.3 Å². The molecule has 9 heteroatoms. The summed E-state index contributed by atoms with van der Waals surface area (Å²) in [5.74, 6) is -0.978. The standard InChI is InChI=1S/C20H16ClN3O4S/c21-16-7-6-15(29-16)19-23-14-3-1-2-12(14)18(24-19)22-13-5-4-10(20(27)28)8-11(13)9-17(25)26/h4-8H,1-3,9H2,(H,25,26)(H,27,28)(H,22,23,24). The molecule has 0 saturated heterocycles. The van der Waals surface area contributed by atoms with Gasteiger partial charge in [-0.3, -0.25) is 4.79 Å². The Hall–Kier alpha value is -2.97. The SMILES string of the molecule is O=C(O)Cc1cc(C(=O)O)ccc1Nc1nc(-c2ccc(Cl)s2)nc2c1CCC2. The number of thiophene rings is 1. The van der Waals surface area contributed by atoms with Gasteiger partial charge in [0.05, 0.1) is 21.2 Å². The number of aryl methyl sites for hydroxylation is 1. The zero-order chi connectivity index (χ0) is 20.5. The molecule has 1 aromatic carbocycles. The number of rotatable bonds is 6. The highest BCUT2D eigenvalue weighted by atomic mass is 35.5. The van der Waals surface area contributed by atoms with Gasteiger partial charge >= 0.3 is 11.9 Å². The monoisotopic (exact) mass is 429 g/mol. The first-order valence-corrected chi connectivity index (χ1v) is 10.1. The molecule has 29 heavy (non-hydrogen) atoms. The summed E-state index contributed by atoms with van der Waals surface area (Å²) in [6.07, 6.45) is 2.33. The van der Waals surface area contributed by atoms with Crippen LogP contribution in [0.5, 0.6) is 0 Å². The Bertz CT molecular complexity index is 1130. The number of benzene rings is 1. The van der Waals surface area contributed by atoms with Crippen molar-refractivity contribution in [2.24, 2.45) is 0 Å². The maximum absolute atomic E-state index is 11.3. The van der Waals surface area contributed by atoms with Crippen molar-refractivity contribution in [3.05, 3.63) is 57.1 Å². The minimum absolute atomic E-state index is 0.0358. The first-order chi connectivity index (χ1) is 13.9. The summed E-state index contributed by atoms with van der Waals surface area (Å²) in [4.78, 5) is 32.7. The molecule has 4 rings (SSSR count). The summed E-state index contributed by atoms with van der Waals surface area (Å²) >= 11 is 7.44. The van der Waals surface area contributed by atoms with Crippen LogP contribution in [0.4, 0.5) is 11.5 Å². The van der Waals surface area contributed by atoms with Crippen molar-refractivity contribution >= 4 is 46.4 Å². The molecular weight excluding hydrogens is 414 g/mol. The molecular formula is C20H16ClN3O4S. The molecule has 0 spiro atoms. The Kier molecular flexibility index (Phi) is 5.21. The van der Waals surface area contributed by atoms with E-state index in [1.165, 1.54) is 23.5 Å². The van der Waals surface area contributed by atoms with E-state index in [1.807, 2.05) is 6.07 Å². The van der Waals surface area contributed by atoms with Crippen LogP contribution in [0, 0.1) is 0 Å². The number of hydrogen-bond acceptors (Lipinski definition) is 6. The van der Waals surface area contributed by atoms with Crippen LogP contribution in [0.1, 0.15) is 33.6 Å². The number of aromatic carboxylic acids is 1. The van der Waals surface area contributed by atoms with E-state index in [0.29, 0.717) is 27.2 Å². The lowest BCUT2D eigenvalue weighted by Crippen LogP contribution is -2.09. The molecule has 0 unspecified atom stereocenters. The molecule has 0 amide bonds. The Morgan fingerprint density at radius 3 is 2.66 bits per heavy atom. The van der Waals surface area contributed by atoms with Crippen molar-refractivity contribution in [3.63, 3.8) is 0 Å². The van der Waals surface area contributed by atoms with Crippen molar-refractivity contribution in [1.82, 2.24) is 9.97 Å². The lowest BCUT2D eigenvalue weighted by molar-refractivity contribution is -0.136. The minimum atomic E-state index is -1.11. The number of nitrogens with one attached hydrogen (secondary N) is 1. The van der Waals surface area contributed by atoms with E-state index in [0.717, 1.165) is 35.4 Å². The number of carboxylic acid groups (broad SMARTS) is 2. The zero-order valence-corrected chi connectivity index (χ0v) is 16.7. The number of aromatic nitrogens is 2. The third-order valence-corrected chi connectivity index (χ3v) is 5.90. The van der Waals surface area contributed by atoms with Gasteiger partial charge in [-0.25, -0.2) is 14.8 Å². The van der Waals surface area contributed by atoms with Crippen molar-refractivity contribution in [2.75, 3.05) is 5.32 Å². The van der Waals surface area contributed by atoms with Gasteiger partial charge in [0.15, 0.2) is 5.82 Å². The summed E-state index contributed by atoms with van der Waals surface area (Å²) in [5.41, 5.74) is 2.89. The van der Waals surface area contributed by atoms with Crippen LogP contribution in [-0.4, -0.2) is 32.1 Å². The lowest BCUT2D eigenvalue weighted by Gasteiger charge is -2.15. The minimum Gasteiger partial charge on any atom is -0.481 e. The van der Waals surface area contributed by atoms with Crippen LogP contribution in [-0.2, 0) is 24.1 Å². The summed E-state index contributed by atoms with van der Waals surface area (Å²) in [7, 11) is 0. The molecule has 0 radical (unpaired) electrons. The first kappa shape index (κ1) is 19.4. The van der Waals surface area contributed by atoms with Crippen LogP contribution in [0.3, 0.4) is 0 Å². The van der Waals surface area contributed by atoms with Gasteiger partial charge in [-0.05, 0) is 55.2 Å². The largest absolute Gasteiger partial charge is 0.481 e. The highest BCUT2D eigenvalue weighted by Gasteiger charge is 2.22. The predicted octanol–water partition coefficient (Wildman–Crippen LogP) is 4.42. The molecule has 7 nitrogen and oxygen atoms in total. The van der Waals surface area contributed by atoms with Gasteiger partial charge in [0.1, 0.15) is 5.82 Å². The smallest absolute Gasteiger partial charge is 0.335 e. The average molecular weight is 430 g/mol. The average Bonchev–Trinajstić information content (AvgIpc) is 3.31. The predicted molar refractivity (Wildman–Crippen MR) is 110 cm³/mol. The number of halogens is 1. The Morgan fingerprint density at radius 2 is 1.97 bits per heavy atom. The van der Waals surface area contributed by atoms with Crippen molar-refractivity contribution < 1.29 is 19.8 Å². The van der Waals surface area contributed by atoms with E-state index in [9.17, 15) is 19.8 Å². The van der Waals surface area contributed by atoms with Crippen LogP contribution in [0.2, 0.25) is 4.34 Å². The maximum Gasteiger partial charge on any atom is 0.335 e. The second-order valence-electron chi connectivity index (χ2n) is 6.65. The third-order valence-electron chi connectivity index (χ3n) is 4.67. The second kappa shape index (κ2) is 7.81. The van der Waals surface area contributed by atoms with E-state index < -0.39 is 11.9 Å². The van der Waals surface area contributed by atoms with Gasteiger partial charge in [0.25, 0.3) is 0 Å². The molecule has 0 atom stereocenters. The van der Waals surface area contributed by atoms with Gasteiger partial charge in [-0.1, -0.05) is 11.6 Å². The summed E-state index contributed by atoms with van der Waals surface area (Å²) in [6, 6.07) is 8.05. The quantitative estimate of drug-likeness (QED) is 0.531. The second-order valence-corrected chi connectivity index (χ2v) is 8.37. The molecule has 2 heterocycles. The van der Waals surface area contributed by atoms with Crippen LogP contribution >= 0.6 is 22.9 Å². The van der Waals surface area contributed by atoms with Gasteiger partial charge in [-0.2, -0.15) is 0 Å². The molecule has 0 saturated carbocycles. The Labute approximate surface area is 175 Å². The van der Waals surface area contributed by atoms with Crippen molar-refractivity contribution in [3.8, 4) is 10.7 Å². The van der Waals surface area contributed by atoms with E-state index in [4.69, 9.17) is 11.6 Å². The molecule has 3 aromatic rings. The van der Waals surface area contributed by atoms with E-state index >= 15 is 0 Å². The summed E-state index contributed by atoms with van der Waals surface area (Å²) in [5, 5.41) is 21.7. The van der Waals surface area contributed by atoms with E-state index in [1.54, 1.807) is 12.1 Å². The highest BCUT2D eigenvalue weighted by Crippen LogP contribution is 2.35. The first-order valence-electron chi connectivity index (χ1n) is 8.91. The van der Waals surface area contributed by atoms with Gasteiger partial charge in [0.2, 0.25) is 0 Å². The fourth-order valence-corrected chi connectivity index (χ4v) is 4.34. The van der Waals surface area contributed by atoms with Crippen LogP contribution in [0.15, 0.2) is 30.3 Å². The number of anilines is 2. The molecule has 1 aliphatic rings. The fourth-order valence-electron chi connectivity index (χ4n) is 3.37. The highest BCUT2D eigenvalue weighted by molar-refractivity contribution is 7.19. The molecule has 2 aromatic heterocycles. The van der Waals surface area contributed by atoms with Crippen molar-refractivity contribution in [1.29, 1.82) is 0 Å². The van der Waals surface area contributed by atoms with Crippen molar-refractivity contribution in [2.45, 2.75) is 25.7 Å². The normalized spacial score (nSPS) is 12.6. The lowest BCUT2D eigenvalue weighted by atomic mass is 10.1. The van der Waals surface area contributed by atoms with E-state index in [-0.39, 0.29) is 12.0 Å². The molecule has 148 valence electrons. The topological polar surface area (TPSA) is 112 Å². The number of nitrogens with zero attached hydrogens (tertiary/aromatic N) is 2. The molecule has 0 bridgehead atoms. The number of aliphatic carboxylic acids is 1. The van der Waals surface area contributed by atoms with Crippen LogP contribution in [0.25, 0.3) is 10.7 Å². The molecule has 1 aliphatic carbocycles. The van der Waals surface area contributed by atoms with Gasteiger partial charge in [0, 0.05) is 16.9 Å². The number of carbonyl (C=O) groups is 2. The Balaban J connectivity index is 1.77. The van der Waals surface area contributed by atoms with Crippen LogP contribution < -0.4 is 5.32 Å². The molecule has 0 fully saturated rings. The summed E-state index contributed by atoms with van der Waals surface area (Å²) < 4.78 is 0.645. The fraction of sp³-hybridized carbons (Fsp3) is 0.200. The van der Waals surface area contributed by atoms with Gasteiger partial charge < -0.3 is 15.5 Å². The number of carboxylic acids is 2. The maximum atomic E-state index is 11.3. The molecule has 0 aliphatic heterocycles. The number of hydrogen-bond donors (Lipinski definition) is 3. The zero-order valence-electron chi connectivity index (χ0n) is 15.1. The van der Waals surface area contributed by atoms with E-state index in [2.05, 4.69) is 15.3 Å². The Morgan fingerprint density at radius 1 is 1.14 bits per heavy atom. The molecule has 3 N–H and O–H groups in total. The summed E-state index contributed by atoms with van der Waals surface area (Å²) in [6.45, 7) is 0. The number of fused-ring (bicyclic) bond motifs is 1. The third kappa shape index (κ3) is 4.08.